The van der Waals surface area contributed by atoms with E-state index < -0.39 is 0 Å². The van der Waals surface area contributed by atoms with E-state index in [1.807, 2.05) is 18.3 Å². The Morgan fingerprint density at radius 2 is 2.00 bits per heavy atom. The second-order valence-electron chi connectivity index (χ2n) is 6.74. The van der Waals surface area contributed by atoms with Crippen molar-refractivity contribution in [2.75, 3.05) is 0 Å². The summed E-state index contributed by atoms with van der Waals surface area (Å²) < 4.78 is 0. The Kier molecular flexibility index (Phi) is 3.06. The molecule has 1 atom stereocenters. The van der Waals surface area contributed by atoms with Gasteiger partial charge in [-0.25, -0.2) is 4.98 Å². The van der Waals surface area contributed by atoms with Crippen LogP contribution in [0.15, 0.2) is 36.6 Å². The number of hydrogen-bond donors (Lipinski definition) is 2. The van der Waals surface area contributed by atoms with Crippen LogP contribution >= 0.6 is 0 Å². The fraction of sp³-hybridized carbons (Fsp3) is 0.300. The summed E-state index contributed by atoms with van der Waals surface area (Å²) >= 11 is 0. The first-order valence-electron chi connectivity index (χ1n) is 8.65. The lowest BCUT2D eigenvalue weighted by Crippen LogP contribution is -2.11. The van der Waals surface area contributed by atoms with Gasteiger partial charge in [-0.05, 0) is 60.9 Å². The third kappa shape index (κ3) is 2.03. The van der Waals surface area contributed by atoms with Crippen LogP contribution in [0.5, 0.6) is 0 Å². The second-order valence-corrected chi connectivity index (χ2v) is 6.74. The molecular formula is C20H19N3O. The maximum atomic E-state index is 9.72. The summed E-state index contributed by atoms with van der Waals surface area (Å²) in [6, 6.07) is 4.15. The van der Waals surface area contributed by atoms with Gasteiger partial charge < -0.3 is 5.11 Å². The number of nitrogens with zero attached hydrogens (tertiary/aromatic N) is 2. The molecule has 0 bridgehead atoms. The number of aliphatic hydroxyl groups is 1. The van der Waals surface area contributed by atoms with Crippen LogP contribution in [0.1, 0.15) is 36.1 Å². The third-order valence-electron chi connectivity index (χ3n) is 5.24. The zero-order chi connectivity index (χ0) is 16.1. The number of benzene rings is 1. The van der Waals surface area contributed by atoms with Gasteiger partial charge in [-0.15, -0.1) is 0 Å². The first-order chi connectivity index (χ1) is 11.8. The molecule has 0 saturated heterocycles. The Hall–Kier alpha value is -2.46. The number of pyridine rings is 1. The van der Waals surface area contributed by atoms with E-state index in [9.17, 15) is 5.11 Å². The van der Waals surface area contributed by atoms with Gasteiger partial charge in [-0.2, -0.15) is 5.10 Å². The SMILES string of the molecule is OC1C=CC(c2nc3ccc4[nH]ncc4c3c3c2CCCC3)=CC1. The van der Waals surface area contributed by atoms with E-state index in [1.165, 1.54) is 34.7 Å². The summed E-state index contributed by atoms with van der Waals surface area (Å²) in [4.78, 5) is 5.02. The number of aromatic amines is 1. The molecule has 4 nitrogen and oxygen atoms in total. The van der Waals surface area contributed by atoms with Crippen LogP contribution in [0.4, 0.5) is 0 Å². The minimum atomic E-state index is -0.365. The van der Waals surface area contributed by atoms with Crippen LogP contribution in [0.2, 0.25) is 0 Å². The predicted octanol–water partition coefficient (Wildman–Crippen LogP) is 3.69. The highest BCUT2D eigenvalue weighted by atomic mass is 16.3. The topological polar surface area (TPSA) is 61.8 Å². The first-order valence-corrected chi connectivity index (χ1v) is 8.65. The lowest BCUT2D eigenvalue weighted by atomic mass is 9.84. The molecule has 1 unspecified atom stereocenters. The Labute approximate surface area is 139 Å². The van der Waals surface area contributed by atoms with Gasteiger partial charge in [0.25, 0.3) is 0 Å². The highest BCUT2D eigenvalue weighted by molar-refractivity contribution is 6.07. The average molecular weight is 317 g/mol. The fourth-order valence-electron chi connectivity index (χ4n) is 4.07. The molecule has 4 heteroatoms. The molecule has 3 aromatic rings. The molecule has 0 amide bonds. The summed E-state index contributed by atoms with van der Waals surface area (Å²) in [5.41, 5.74) is 7.18. The molecule has 0 spiro atoms. The van der Waals surface area contributed by atoms with E-state index in [4.69, 9.17) is 4.98 Å². The molecule has 2 heterocycles. The predicted molar refractivity (Wildman–Crippen MR) is 95.8 cm³/mol. The lowest BCUT2D eigenvalue weighted by Gasteiger charge is -2.23. The monoisotopic (exact) mass is 317 g/mol. The summed E-state index contributed by atoms with van der Waals surface area (Å²) in [6.45, 7) is 0. The van der Waals surface area contributed by atoms with Crippen molar-refractivity contribution in [2.24, 2.45) is 0 Å². The van der Waals surface area contributed by atoms with E-state index in [0.29, 0.717) is 6.42 Å². The Morgan fingerprint density at radius 1 is 1.12 bits per heavy atom. The van der Waals surface area contributed by atoms with E-state index in [1.54, 1.807) is 0 Å². The molecule has 1 aromatic carbocycles. The number of allylic oxidation sites excluding steroid dienone is 2. The van der Waals surface area contributed by atoms with Crippen LogP contribution < -0.4 is 0 Å². The Morgan fingerprint density at radius 3 is 2.83 bits per heavy atom. The average Bonchev–Trinajstić information content (AvgIpc) is 3.10. The van der Waals surface area contributed by atoms with Gasteiger partial charge >= 0.3 is 0 Å². The number of H-pyrrole nitrogens is 1. The van der Waals surface area contributed by atoms with Crippen molar-refractivity contribution >= 4 is 27.4 Å². The van der Waals surface area contributed by atoms with Gasteiger partial charge in [0, 0.05) is 10.8 Å². The van der Waals surface area contributed by atoms with E-state index in [0.717, 1.165) is 35.1 Å². The molecule has 0 aliphatic heterocycles. The number of fused-ring (bicyclic) bond motifs is 5. The normalized spacial score (nSPS) is 20.4. The van der Waals surface area contributed by atoms with Gasteiger partial charge in [0.15, 0.2) is 0 Å². The standard InChI is InChI=1S/C20H19N3O/c24-13-7-5-12(6-8-13)20-15-4-2-1-3-14(15)19-16-11-21-23-17(16)9-10-18(19)22-20/h5-7,9-11,13,24H,1-4,8H2,(H,21,23). The molecule has 2 aliphatic carbocycles. The zero-order valence-corrected chi connectivity index (χ0v) is 13.4. The summed E-state index contributed by atoms with van der Waals surface area (Å²) in [7, 11) is 0. The van der Waals surface area contributed by atoms with Crippen molar-refractivity contribution in [3.05, 3.63) is 53.4 Å². The number of nitrogens with one attached hydrogen (secondary N) is 1. The molecule has 120 valence electrons. The van der Waals surface area contributed by atoms with Gasteiger partial charge in [0.2, 0.25) is 0 Å². The molecule has 5 rings (SSSR count). The van der Waals surface area contributed by atoms with Crippen molar-refractivity contribution in [1.29, 1.82) is 0 Å². The Bertz CT molecular complexity index is 1010. The lowest BCUT2D eigenvalue weighted by molar-refractivity contribution is 0.226. The molecule has 2 N–H and O–H groups in total. The molecular weight excluding hydrogens is 298 g/mol. The van der Waals surface area contributed by atoms with Crippen molar-refractivity contribution in [3.8, 4) is 0 Å². The third-order valence-corrected chi connectivity index (χ3v) is 5.24. The second kappa shape index (κ2) is 5.28. The van der Waals surface area contributed by atoms with Gasteiger partial charge in [0.1, 0.15) is 0 Å². The molecule has 0 radical (unpaired) electrons. The van der Waals surface area contributed by atoms with Crippen LogP contribution in [-0.2, 0) is 12.8 Å². The van der Waals surface area contributed by atoms with Crippen LogP contribution in [0.25, 0.3) is 27.4 Å². The molecule has 24 heavy (non-hydrogen) atoms. The van der Waals surface area contributed by atoms with Gasteiger partial charge in [0.05, 0.1) is 29.0 Å². The largest absolute Gasteiger partial charge is 0.389 e. The molecule has 2 aromatic heterocycles. The van der Waals surface area contributed by atoms with Crippen molar-refractivity contribution in [2.45, 2.75) is 38.2 Å². The highest BCUT2D eigenvalue weighted by Gasteiger charge is 2.22. The van der Waals surface area contributed by atoms with Crippen molar-refractivity contribution in [1.82, 2.24) is 15.2 Å². The smallest absolute Gasteiger partial charge is 0.0758 e. The molecule has 2 aliphatic rings. The van der Waals surface area contributed by atoms with Crippen LogP contribution in [0, 0.1) is 0 Å². The quantitative estimate of drug-likeness (QED) is 0.719. The van der Waals surface area contributed by atoms with E-state index in [-0.39, 0.29) is 6.10 Å². The van der Waals surface area contributed by atoms with Crippen molar-refractivity contribution in [3.63, 3.8) is 0 Å². The number of aryl methyl sites for hydroxylation is 1. The molecule has 0 saturated carbocycles. The maximum Gasteiger partial charge on any atom is 0.0758 e. The number of rotatable bonds is 1. The number of aromatic nitrogens is 3. The fourth-order valence-corrected chi connectivity index (χ4v) is 4.07. The zero-order valence-electron chi connectivity index (χ0n) is 13.4. The maximum absolute atomic E-state index is 9.72. The Balaban J connectivity index is 1.83. The molecule has 0 fully saturated rings. The number of aliphatic hydroxyl groups excluding tert-OH is 1. The minimum Gasteiger partial charge on any atom is -0.389 e. The van der Waals surface area contributed by atoms with E-state index in [2.05, 4.69) is 28.4 Å². The van der Waals surface area contributed by atoms with Crippen LogP contribution in [0.3, 0.4) is 0 Å². The van der Waals surface area contributed by atoms with Crippen LogP contribution in [-0.4, -0.2) is 26.4 Å². The first kappa shape index (κ1) is 13.9. The van der Waals surface area contributed by atoms with Gasteiger partial charge in [-0.3, -0.25) is 5.10 Å². The number of hydrogen-bond acceptors (Lipinski definition) is 3. The van der Waals surface area contributed by atoms with Crippen molar-refractivity contribution < 1.29 is 5.11 Å². The summed E-state index contributed by atoms with van der Waals surface area (Å²) in [6.07, 6.45) is 12.9. The summed E-state index contributed by atoms with van der Waals surface area (Å²) in [5, 5.41) is 19.4. The minimum absolute atomic E-state index is 0.365. The highest BCUT2D eigenvalue weighted by Crippen LogP contribution is 2.37. The van der Waals surface area contributed by atoms with E-state index >= 15 is 0 Å². The summed E-state index contributed by atoms with van der Waals surface area (Å²) in [5.74, 6) is 0. The van der Waals surface area contributed by atoms with Gasteiger partial charge in [-0.1, -0.05) is 18.2 Å².